The quantitative estimate of drug-likeness (QED) is 0.600. The van der Waals surface area contributed by atoms with Crippen molar-refractivity contribution in [2.45, 2.75) is 12.8 Å². The molecule has 11 heavy (non-hydrogen) atoms. The number of hydrogen-bond donors (Lipinski definition) is 2. The molecule has 0 unspecified atom stereocenters. The monoisotopic (exact) mass is 177 g/mol. The third-order valence-corrected chi connectivity index (χ3v) is 1.27. The second-order valence-electron chi connectivity index (χ2n) is 2.06. The van der Waals surface area contributed by atoms with Gasteiger partial charge in [-0.1, -0.05) is 17.7 Å². The molecule has 3 nitrogen and oxygen atoms in total. The van der Waals surface area contributed by atoms with Gasteiger partial charge in [-0.25, -0.2) is 0 Å². The summed E-state index contributed by atoms with van der Waals surface area (Å²) in [4.78, 5) is 10.0. The van der Waals surface area contributed by atoms with Crippen LogP contribution in [0.2, 0.25) is 0 Å². The first-order chi connectivity index (χ1) is 5.27. The van der Waals surface area contributed by atoms with Crippen LogP contribution in [0.3, 0.4) is 0 Å². The minimum absolute atomic E-state index is 0.220. The molecule has 2 N–H and O–H groups in total. The zero-order valence-electron chi connectivity index (χ0n) is 6.22. The van der Waals surface area contributed by atoms with Gasteiger partial charge in [0.15, 0.2) is 0 Å². The van der Waals surface area contributed by atoms with Crippen LogP contribution in [0, 0.1) is 0 Å². The SMILES string of the molecule is O=C(O)CCCNC/C=C/Cl. The van der Waals surface area contributed by atoms with Gasteiger partial charge in [-0.05, 0) is 13.0 Å². The van der Waals surface area contributed by atoms with E-state index in [0.29, 0.717) is 19.5 Å². The van der Waals surface area contributed by atoms with E-state index >= 15 is 0 Å². The average Bonchev–Trinajstić information content (AvgIpc) is 1.96. The molecule has 4 heteroatoms. The van der Waals surface area contributed by atoms with Crippen LogP contribution in [-0.2, 0) is 4.79 Å². The van der Waals surface area contributed by atoms with E-state index in [1.165, 1.54) is 5.54 Å². The Morgan fingerprint density at radius 1 is 1.64 bits per heavy atom. The molecule has 0 amide bonds. The molecule has 0 radical (unpaired) electrons. The summed E-state index contributed by atoms with van der Waals surface area (Å²) in [5, 5.41) is 11.3. The van der Waals surface area contributed by atoms with Crippen molar-refractivity contribution < 1.29 is 9.90 Å². The molecule has 0 aliphatic carbocycles. The van der Waals surface area contributed by atoms with E-state index in [2.05, 4.69) is 5.32 Å². The Bertz CT molecular complexity index is 136. The van der Waals surface area contributed by atoms with E-state index in [1.54, 1.807) is 6.08 Å². The number of halogens is 1. The van der Waals surface area contributed by atoms with Crippen molar-refractivity contribution in [3.8, 4) is 0 Å². The fraction of sp³-hybridized carbons (Fsp3) is 0.571. The fourth-order valence-electron chi connectivity index (χ4n) is 0.595. The van der Waals surface area contributed by atoms with E-state index in [-0.39, 0.29) is 6.42 Å². The summed E-state index contributed by atoms with van der Waals surface area (Å²) in [6.07, 6.45) is 2.64. The zero-order valence-corrected chi connectivity index (χ0v) is 6.97. The Hall–Kier alpha value is -0.540. The number of carboxylic acids is 1. The third kappa shape index (κ3) is 9.46. The largest absolute Gasteiger partial charge is 0.481 e. The van der Waals surface area contributed by atoms with Gasteiger partial charge in [-0.15, -0.1) is 0 Å². The molecular weight excluding hydrogens is 166 g/mol. The van der Waals surface area contributed by atoms with E-state index in [9.17, 15) is 4.79 Å². The van der Waals surface area contributed by atoms with Crippen molar-refractivity contribution in [2.75, 3.05) is 13.1 Å². The van der Waals surface area contributed by atoms with Crippen LogP contribution in [0.1, 0.15) is 12.8 Å². The number of carbonyl (C=O) groups is 1. The summed E-state index contributed by atoms with van der Waals surface area (Å²) in [6, 6.07) is 0. The molecule has 0 fully saturated rings. The summed E-state index contributed by atoms with van der Waals surface area (Å²) in [5.41, 5.74) is 1.43. The molecule has 0 aromatic rings. The van der Waals surface area contributed by atoms with Gasteiger partial charge in [0.05, 0.1) is 0 Å². The average molecular weight is 178 g/mol. The molecule has 64 valence electrons. The van der Waals surface area contributed by atoms with Crippen molar-refractivity contribution in [1.82, 2.24) is 5.32 Å². The highest BCUT2D eigenvalue weighted by molar-refractivity contribution is 6.25. The van der Waals surface area contributed by atoms with Crippen LogP contribution in [-0.4, -0.2) is 24.2 Å². The fourth-order valence-corrected chi connectivity index (χ4v) is 0.684. The van der Waals surface area contributed by atoms with Gasteiger partial charge in [0.25, 0.3) is 0 Å². The van der Waals surface area contributed by atoms with Gasteiger partial charge in [0.1, 0.15) is 0 Å². The van der Waals surface area contributed by atoms with E-state index in [1.807, 2.05) is 0 Å². The van der Waals surface area contributed by atoms with Gasteiger partial charge in [0, 0.05) is 18.5 Å². The Labute approximate surface area is 71.0 Å². The first kappa shape index (κ1) is 10.5. The maximum absolute atomic E-state index is 10.0. The van der Waals surface area contributed by atoms with Crippen molar-refractivity contribution >= 4 is 17.6 Å². The Morgan fingerprint density at radius 2 is 2.36 bits per heavy atom. The highest BCUT2D eigenvalue weighted by Crippen LogP contribution is 1.85. The van der Waals surface area contributed by atoms with Crippen molar-refractivity contribution in [2.24, 2.45) is 0 Å². The molecule has 0 atom stereocenters. The number of aliphatic carboxylic acids is 1. The number of carboxylic acid groups (broad SMARTS) is 1. The number of rotatable bonds is 6. The summed E-state index contributed by atoms with van der Waals surface area (Å²) in [7, 11) is 0. The van der Waals surface area contributed by atoms with E-state index < -0.39 is 5.97 Å². The lowest BCUT2D eigenvalue weighted by atomic mass is 10.3. The van der Waals surface area contributed by atoms with Crippen molar-refractivity contribution in [1.29, 1.82) is 0 Å². The van der Waals surface area contributed by atoms with Crippen LogP contribution < -0.4 is 5.32 Å². The maximum atomic E-state index is 10.0. The molecule has 0 saturated heterocycles. The second kappa shape index (κ2) is 7.57. The molecule has 0 heterocycles. The van der Waals surface area contributed by atoms with Crippen LogP contribution in [0.4, 0.5) is 0 Å². The minimum Gasteiger partial charge on any atom is -0.481 e. The van der Waals surface area contributed by atoms with Gasteiger partial charge in [-0.3, -0.25) is 4.79 Å². The Morgan fingerprint density at radius 3 is 2.91 bits per heavy atom. The van der Waals surface area contributed by atoms with Crippen LogP contribution in [0.15, 0.2) is 11.6 Å². The molecule has 0 aromatic heterocycles. The lowest BCUT2D eigenvalue weighted by Crippen LogP contribution is -2.15. The lowest BCUT2D eigenvalue weighted by Gasteiger charge is -1.97. The first-order valence-corrected chi connectivity index (χ1v) is 3.88. The van der Waals surface area contributed by atoms with E-state index in [0.717, 1.165) is 0 Å². The summed E-state index contributed by atoms with van der Waals surface area (Å²) < 4.78 is 0. The van der Waals surface area contributed by atoms with Crippen LogP contribution in [0.25, 0.3) is 0 Å². The summed E-state index contributed by atoms with van der Waals surface area (Å²) in [6.45, 7) is 1.41. The molecule has 0 saturated carbocycles. The highest BCUT2D eigenvalue weighted by atomic mass is 35.5. The standard InChI is InChI=1S/C7H12ClNO2/c8-4-2-6-9-5-1-3-7(10)11/h2,4,9H,1,3,5-6H2,(H,10,11)/b4-2+. The summed E-state index contributed by atoms with van der Waals surface area (Å²) in [5.74, 6) is -0.750. The van der Waals surface area contributed by atoms with Gasteiger partial charge in [-0.2, -0.15) is 0 Å². The smallest absolute Gasteiger partial charge is 0.303 e. The molecule has 0 aliphatic rings. The zero-order chi connectivity index (χ0) is 8.53. The second-order valence-corrected chi connectivity index (χ2v) is 2.32. The molecule has 0 spiro atoms. The van der Waals surface area contributed by atoms with Crippen LogP contribution >= 0.6 is 11.6 Å². The Kier molecular flexibility index (Phi) is 7.19. The molecule has 0 aromatic carbocycles. The van der Waals surface area contributed by atoms with Crippen LogP contribution in [0.5, 0.6) is 0 Å². The molecule has 0 aliphatic heterocycles. The minimum atomic E-state index is -0.750. The Balaban J connectivity index is 2.96. The lowest BCUT2D eigenvalue weighted by molar-refractivity contribution is -0.137. The first-order valence-electron chi connectivity index (χ1n) is 3.45. The topological polar surface area (TPSA) is 49.3 Å². The number of hydrogen-bond acceptors (Lipinski definition) is 2. The van der Waals surface area contributed by atoms with Gasteiger partial charge in [0.2, 0.25) is 0 Å². The predicted molar refractivity (Wildman–Crippen MR) is 44.7 cm³/mol. The van der Waals surface area contributed by atoms with E-state index in [4.69, 9.17) is 16.7 Å². The molecule has 0 rings (SSSR count). The molecular formula is C7H12ClNO2. The third-order valence-electron chi connectivity index (χ3n) is 1.10. The van der Waals surface area contributed by atoms with Crippen molar-refractivity contribution in [3.05, 3.63) is 11.6 Å². The van der Waals surface area contributed by atoms with Gasteiger partial charge < -0.3 is 10.4 Å². The number of nitrogens with one attached hydrogen (secondary N) is 1. The van der Waals surface area contributed by atoms with Gasteiger partial charge >= 0.3 is 5.97 Å². The predicted octanol–water partition coefficient (Wildman–Crippen LogP) is 1.19. The highest BCUT2D eigenvalue weighted by Gasteiger charge is 1.93. The van der Waals surface area contributed by atoms with Crippen molar-refractivity contribution in [3.63, 3.8) is 0 Å². The maximum Gasteiger partial charge on any atom is 0.303 e. The summed E-state index contributed by atoms with van der Waals surface area (Å²) >= 11 is 5.25. The molecule has 0 bridgehead atoms. The normalized spacial score (nSPS) is 10.6.